The number of aryl methyl sites for hydroxylation is 1. The van der Waals surface area contributed by atoms with Crippen LogP contribution in [0, 0.1) is 0 Å². The van der Waals surface area contributed by atoms with Gasteiger partial charge in [-0.05, 0) is 43.7 Å². The smallest absolute Gasteiger partial charge is 0.323 e. The number of hydrogen-bond acceptors (Lipinski definition) is 5. The van der Waals surface area contributed by atoms with Crippen molar-refractivity contribution >= 4 is 28.7 Å². The molecule has 0 bridgehead atoms. The van der Waals surface area contributed by atoms with Gasteiger partial charge in [0.15, 0.2) is 0 Å². The third kappa shape index (κ3) is 5.16. The number of urea groups is 1. The van der Waals surface area contributed by atoms with Gasteiger partial charge in [-0.25, -0.2) is 9.78 Å². The summed E-state index contributed by atoms with van der Waals surface area (Å²) < 4.78 is 7.13. The Morgan fingerprint density at radius 1 is 1.03 bits per heavy atom. The lowest BCUT2D eigenvalue weighted by Crippen LogP contribution is -2.46. The highest BCUT2D eigenvalue weighted by Crippen LogP contribution is 2.32. The van der Waals surface area contributed by atoms with Crippen molar-refractivity contribution in [2.24, 2.45) is 12.8 Å². The van der Waals surface area contributed by atoms with Gasteiger partial charge in [-0.15, -0.1) is 0 Å². The maximum Gasteiger partial charge on any atom is 0.323 e. The summed E-state index contributed by atoms with van der Waals surface area (Å²) in [6.07, 6.45) is 0. The molecule has 190 valence electrons. The van der Waals surface area contributed by atoms with Crippen molar-refractivity contribution in [3.8, 4) is 5.75 Å². The molecule has 9 heteroatoms. The summed E-state index contributed by atoms with van der Waals surface area (Å²) in [6.45, 7) is 3.90. The normalized spacial score (nSPS) is 12.5. The highest BCUT2D eigenvalue weighted by molar-refractivity contribution is 5.95. The molecule has 0 unspecified atom stereocenters. The first-order chi connectivity index (χ1) is 17.8. The summed E-state index contributed by atoms with van der Waals surface area (Å²) in [5, 5.41) is 2.84. The molecule has 2 atom stereocenters. The summed E-state index contributed by atoms with van der Waals surface area (Å²) in [6, 6.07) is 20.2. The van der Waals surface area contributed by atoms with E-state index in [9.17, 15) is 14.4 Å². The number of fused-ring (bicyclic) bond motifs is 1. The number of aromatic nitrogens is 2. The minimum atomic E-state index is -1.17. The lowest BCUT2D eigenvalue weighted by Gasteiger charge is -2.35. The highest BCUT2D eigenvalue weighted by Gasteiger charge is 2.36. The zero-order valence-electron chi connectivity index (χ0n) is 20.9. The topological polar surface area (TPSA) is 120 Å². The van der Waals surface area contributed by atoms with Crippen molar-refractivity contribution in [2.45, 2.75) is 25.9 Å². The average Bonchev–Trinajstić information content (AvgIpc) is 2.90. The van der Waals surface area contributed by atoms with E-state index in [1.54, 1.807) is 80.7 Å². The fourth-order valence-corrected chi connectivity index (χ4v) is 4.35. The van der Waals surface area contributed by atoms with Crippen LogP contribution in [0.3, 0.4) is 0 Å². The molecule has 0 aliphatic rings. The number of nitrogens with zero attached hydrogens (tertiary/aromatic N) is 3. The molecule has 1 aromatic heterocycles. The van der Waals surface area contributed by atoms with E-state index in [2.05, 4.69) is 10.3 Å². The van der Waals surface area contributed by atoms with E-state index in [4.69, 9.17) is 10.5 Å². The summed E-state index contributed by atoms with van der Waals surface area (Å²) in [7, 11) is 1.65. The molecule has 4 aromatic rings. The molecule has 4 rings (SSSR count). The van der Waals surface area contributed by atoms with Crippen molar-refractivity contribution in [2.75, 3.05) is 11.9 Å². The van der Waals surface area contributed by atoms with Crippen LogP contribution in [0.5, 0.6) is 5.75 Å². The van der Waals surface area contributed by atoms with Gasteiger partial charge in [0.25, 0.3) is 5.56 Å². The molecule has 3 amide bonds. The van der Waals surface area contributed by atoms with Crippen molar-refractivity contribution in [1.82, 2.24) is 14.5 Å². The highest BCUT2D eigenvalue weighted by atomic mass is 16.5. The molecule has 3 N–H and O–H groups in total. The maximum atomic E-state index is 13.9. The van der Waals surface area contributed by atoms with Crippen molar-refractivity contribution in [3.63, 3.8) is 0 Å². The second kappa shape index (κ2) is 10.9. The molecule has 0 fully saturated rings. The summed E-state index contributed by atoms with van der Waals surface area (Å²) >= 11 is 0. The Bertz CT molecular complexity index is 1490. The molecule has 0 spiro atoms. The number of carbonyl (C=O) groups excluding carboxylic acids is 2. The van der Waals surface area contributed by atoms with Crippen LogP contribution in [0.4, 0.5) is 10.5 Å². The SMILES string of the molecule is CCOc1ccccc1NC(=O)N([C@@H](C)c1nc2ccccc2n(C)c1=O)[C@@H](C(N)=O)c1ccccc1. The van der Waals surface area contributed by atoms with Crippen LogP contribution < -0.4 is 21.3 Å². The van der Waals surface area contributed by atoms with Gasteiger partial charge in [0.1, 0.15) is 17.5 Å². The number of nitrogens with one attached hydrogen (secondary N) is 1. The minimum absolute atomic E-state index is 0.108. The second-order valence-corrected chi connectivity index (χ2v) is 8.51. The monoisotopic (exact) mass is 499 g/mol. The molecule has 0 aliphatic heterocycles. The van der Waals surface area contributed by atoms with E-state index in [1.165, 1.54) is 9.47 Å². The summed E-state index contributed by atoms with van der Waals surface area (Å²) in [4.78, 5) is 46.0. The van der Waals surface area contributed by atoms with Crippen molar-refractivity contribution in [3.05, 3.63) is 100 Å². The summed E-state index contributed by atoms with van der Waals surface area (Å²) in [5.41, 5.74) is 7.76. The van der Waals surface area contributed by atoms with Crippen LogP contribution >= 0.6 is 0 Å². The Hall–Kier alpha value is -4.66. The predicted octanol–water partition coefficient (Wildman–Crippen LogP) is 4.15. The van der Waals surface area contributed by atoms with E-state index < -0.39 is 24.0 Å². The van der Waals surface area contributed by atoms with Crippen molar-refractivity contribution in [1.29, 1.82) is 0 Å². The lowest BCUT2D eigenvalue weighted by atomic mass is 10.0. The minimum Gasteiger partial charge on any atom is -0.492 e. The number of carbonyl (C=O) groups is 2. The van der Waals surface area contributed by atoms with Gasteiger partial charge in [0.05, 0.1) is 29.4 Å². The number of amides is 3. The first-order valence-corrected chi connectivity index (χ1v) is 11.9. The standard InChI is InChI=1S/C28H29N5O4/c1-4-37-23-17-11-9-15-21(23)31-28(36)33(25(26(29)34)19-12-6-5-7-13-19)18(2)24-27(35)32(3)22-16-10-8-14-20(22)30-24/h5-18,25H,4H2,1-3H3,(H2,29,34)(H,31,36)/t18-,25+/m0/s1. The average molecular weight is 500 g/mol. The Kier molecular flexibility index (Phi) is 7.52. The van der Waals surface area contributed by atoms with Gasteiger partial charge in [0.2, 0.25) is 5.91 Å². The van der Waals surface area contributed by atoms with Crippen LogP contribution in [0.2, 0.25) is 0 Å². The van der Waals surface area contributed by atoms with Gasteiger partial charge in [-0.3, -0.25) is 14.5 Å². The molecule has 9 nitrogen and oxygen atoms in total. The van der Waals surface area contributed by atoms with Crippen molar-refractivity contribution < 1.29 is 14.3 Å². The quantitative estimate of drug-likeness (QED) is 0.377. The number of nitrogens with two attached hydrogens (primary N) is 1. The van der Waals surface area contributed by atoms with E-state index in [-0.39, 0.29) is 11.3 Å². The second-order valence-electron chi connectivity index (χ2n) is 8.51. The van der Waals surface area contributed by atoms with E-state index in [0.717, 1.165) is 0 Å². The van der Waals surface area contributed by atoms with Gasteiger partial charge in [0, 0.05) is 7.05 Å². The fraction of sp³-hybridized carbons (Fsp3) is 0.214. The molecule has 0 aliphatic carbocycles. The third-order valence-electron chi connectivity index (χ3n) is 6.15. The first-order valence-electron chi connectivity index (χ1n) is 11.9. The Morgan fingerprint density at radius 3 is 2.38 bits per heavy atom. The van der Waals surface area contributed by atoms with E-state index in [0.29, 0.717) is 34.6 Å². The number of anilines is 1. The summed E-state index contributed by atoms with van der Waals surface area (Å²) in [5.74, 6) is -0.273. The number of primary amides is 1. The molecular formula is C28H29N5O4. The molecule has 37 heavy (non-hydrogen) atoms. The van der Waals surface area contributed by atoms with Gasteiger partial charge in [-0.1, -0.05) is 54.6 Å². The molecular weight excluding hydrogens is 470 g/mol. The van der Waals surface area contributed by atoms with Gasteiger partial charge < -0.3 is 20.4 Å². The molecule has 1 heterocycles. The van der Waals surface area contributed by atoms with E-state index in [1.807, 2.05) is 19.1 Å². The Morgan fingerprint density at radius 2 is 1.68 bits per heavy atom. The number of rotatable bonds is 8. The van der Waals surface area contributed by atoms with Crippen LogP contribution in [0.15, 0.2) is 83.7 Å². The van der Waals surface area contributed by atoms with Crippen LogP contribution in [-0.2, 0) is 11.8 Å². The number of ether oxygens (including phenoxy) is 1. The molecule has 0 saturated heterocycles. The van der Waals surface area contributed by atoms with Gasteiger partial charge >= 0.3 is 6.03 Å². The van der Waals surface area contributed by atoms with E-state index >= 15 is 0 Å². The Balaban J connectivity index is 1.85. The van der Waals surface area contributed by atoms with Crippen LogP contribution in [-0.4, -0.2) is 33.0 Å². The number of benzene rings is 3. The molecule has 0 radical (unpaired) electrons. The molecule has 3 aromatic carbocycles. The van der Waals surface area contributed by atoms with Crippen LogP contribution in [0.25, 0.3) is 11.0 Å². The maximum absolute atomic E-state index is 13.9. The lowest BCUT2D eigenvalue weighted by molar-refractivity contribution is -0.123. The molecule has 0 saturated carbocycles. The zero-order chi connectivity index (χ0) is 26.5. The predicted molar refractivity (Wildman–Crippen MR) is 142 cm³/mol. The largest absolute Gasteiger partial charge is 0.492 e. The van der Waals surface area contributed by atoms with Gasteiger partial charge in [-0.2, -0.15) is 0 Å². The zero-order valence-corrected chi connectivity index (χ0v) is 20.9. The Labute approximate surface area is 214 Å². The number of para-hydroxylation sites is 4. The third-order valence-corrected chi connectivity index (χ3v) is 6.15. The van der Waals surface area contributed by atoms with Crippen LogP contribution in [0.1, 0.15) is 37.2 Å². The fourth-order valence-electron chi connectivity index (χ4n) is 4.35. The first kappa shape index (κ1) is 25.4. The number of hydrogen-bond donors (Lipinski definition) is 2.